The largest absolute Gasteiger partial charge is 0.268 e. The van der Waals surface area contributed by atoms with Gasteiger partial charge in [-0.05, 0) is 70.1 Å². The van der Waals surface area contributed by atoms with Crippen LogP contribution in [0, 0.1) is 11.6 Å². The number of hydrogen-bond donors (Lipinski definition) is 0. The molecule has 0 atom stereocenters. The molecule has 0 aliphatic heterocycles. The number of aromatic nitrogens is 4. The third-order valence-electron chi connectivity index (χ3n) is 11.4. The molecular formula is C44H18F2N4O2. The summed E-state index contributed by atoms with van der Waals surface area (Å²) >= 11 is 0. The molecular weight excluding hydrogens is 655 g/mol. The van der Waals surface area contributed by atoms with Crippen molar-refractivity contribution in [1.82, 2.24) is 18.8 Å². The van der Waals surface area contributed by atoms with Crippen molar-refractivity contribution in [1.29, 1.82) is 0 Å². The fraction of sp³-hybridized carbons (Fsp3) is 0. The van der Waals surface area contributed by atoms with Crippen molar-refractivity contribution in [2.24, 2.45) is 0 Å². The highest BCUT2D eigenvalue weighted by molar-refractivity contribution is 6.41. The zero-order valence-corrected chi connectivity index (χ0v) is 26.8. The van der Waals surface area contributed by atoms with Crippen LogP contribution in [0.25, 0.3) is 120 Å². The maximum Gasteiger partial charge on any atom is 0.264 e. The number of hydrogen-bond acceptors (Lipinski definition) is 4. The van der Waals surface area contributed by atoms with E-state index in [4.69, 9.17) is 9.97 Å². The number of fused-ring (bicyclic) bond motifs is 8. The molecule has 0 radical (unpaired) electrons. The first-order chi connectivity index (χ1) is 25.5. The lowest BCUT2D eigenvalue weighted by molar-refractivity contribution is 0.640. The zero-order chi connectivity index (χ0) is 34.3. The second kappa shape index (κ2) is 8.62. The maximum absolute atomic E-state index is 17.0. The summed E-state index contributed by atoms with van der Waals surface area (Å²) in [6.07, 6.45) is 0. The Hall–Kier alpha value is -7.06. The van der Waals surface area contributed by atoms with Crippen LogP contribution in [0.2, 0.25) is 0 Å². The van der Waals surface area contributed by atoms with Gasteiger partial charge in [-0.15, -0.1) is 0 Å². The second-order valence-corrected chi connectivity index (χ2v) is 13.8. The van der Waals surface area contributed by atoms with Crippen molar-refractivity contribution >= 4 is 120 Å². The van der Waals surface area contributed by atoms with Crippen LogP contribution in [-0.4, -0.2) is 18.8 Å². The van der Waals surface area contributed by atoms with E-state index in [0.29, 0.717) is 76.3 Å². The molecule has 0 aliphatic rings. The van der Waals surface area contributed by atoms with Gasteiger partial charge in [0.15, 0.2) is 0 Å². The average molecular weight is 673 g/mol. The molecule has 6 nitrogen and oxygen atoms in total. The Morgan fingerprint density at radius 1 is 0.404 bits per heavy atom. The summed E-state index contributed by atoms with van der Waals surface area (Å²) in [7, 11) is 0. The van der Waals surface area contributed by atoms with Gasteiger partial charge in [-0.1, -0.05) is 60.7 Å². The predicted molar refractivity (Wildman–Crippen MR) is 205 cm³/mol. The van der Waals surface area contributed by atoms with Crippen LogP contribution >= 0.6 is 0 Å². The van der Waals surface area contributed by atoms with Gasteiger partial charge < -0.3 is 0 Å². The quantitative estimate of drug-likeness (QED) is 0.119. The smallest absolute Gasteiger partial charge is 0.264 e. The van der Waals surface area contributed by atoms with Crippen LogP contribution in [0.15, 0.2) is 119 Å². The Bertz CT molecular complexity index is 3860. The van der Waals surface area contributed by atoms with Crippen LogP contribution in [0.3, 0.4) is 0 Å². The molecule has 240 valence electrons. The lowest BCUT2D eigenvalue weighted by Crippen LogP contribution is -2.17. The van der Waals surface area contributed by atoms with Gasteiger partial charge in [0.25, 0.3) is 11.1 Å². The third kappa shape index (κ3) is 2.84. The van der Waals surface area contributed by atoms with Crippen LogP contribution in [0.1, 0.15) is 0 Å². The molecule has 4 aromatic heterocycles. The molecule has 0 bridgehead atoms. The predicted octanol–water partition coefficient (Wildman–Crippen LogP) is 9.83. The number of benzene rings is 9. The summed E-state index contributed by atoms with van der Waals surface area (Å²) in [5.74, 6) is -1.13. The number of nitrogens with zero attached hydrogens (tertiary/aromatic N) is 4. The van der Waals surface area contributed by atoms with Crippen molar-refractivity contribution in [3.05, 3.63) is 142 Å². The minimum absolute atomic E-state index is 0.188. The molecule has 0 N–H and O–H groups in total. The number of rotatable bonds is 0. The van der Waals surface area contributed by atoms with E-state index in [1.165, 1.54) is 12.1 Å². The molecule has 13 aromatic rings. The van der Waals surface area contributed by atoms with Gasteiger partial charge >= 0.3 is 0 Å². The van der Waals surface area contributed by atoms with Crippen molar-refractivity contribution in [3.63, 3.8) is 0 Å². The fourth-order valence-electron chi connectivity index (χ4n) is 9.45. The molecule has 0 aliphatic carbocycles. The standard InChI is InChI=1S/C44H18F2N4O2/c45-27-17-25-36-24(43(51)50-32-12-4-8-20-6-2-10-30(34(20)32)48-42(25)50)16-14-22-38-28(46)18-26-35-23(15-13-21(39(35)38)37(27)40(22)36)41-47-29-9-1-5-19-7-3-11-31(33(19)29)49(41)44(26)52/h1-18H. The van der Waals surface area contributed by atoms with Crippen LogP contribution in [0.5, 0.6) is 0 Å². The second-order valence-electron chi connectivity index (χ2n) is 13.8. The maximum atomic E-state index is 17.0. The minimum atomic E-state index is -0.601. The van der Waals surface area contributed by atoms with Gasteiger partial charge in [0.1, 0.15) is 22.9 Å². The molecule has 8 heteroatoms. The summed E-state index contributed by atoms with van der Waals surface area (Å²) in [6.45, 7) is 0. The Morgan fingerprint density at radius 3 is 1.42 bits per heavy atom. The van der Waals surface area contributed by atoms with Gasteiger partial charge in [-0.2, -0.15) is 0 Å². The molecule has 0 fully saturated rings. The lowest BCUT2D eigenvalue weighted by atomic mass is 9.85. The summed E-state index contributed by atoms with van der Waals surface area (Å²) in [6, 6.07) is 32.9. The Morgan fingerprint density at radius 2 is 0.846 bits per heavy atom. The summed E-state index contributed by atoms with van der Waals surface area (Å²) in [5, 5.41) is 8.70. The van der Waals surface area contributed by atoms with Crippen molar-refractivity contribution in [2.45, 2.75) is 0 Å². The first-order valence-electron chi connectivity index (χ1n) is 17.0. The molecule has 0 unspecified atom stereocenters. The van der Waals surface area contributed by atoms with Crippen LogP contribution < -0.4 is 11.1 Å². The van der Waals surface area contributed by atoms with Crippen molar-refractivity contribution in [2.75, 3.05) is 0 Å². The Labute approximate surface area is 288 Å². The fourth-order valence-corrected chi connectivity index (χ4v) is 9.45. The normalized spacial score (nSPS) is 13.0. The molecule has 0 saturated carbocycles. The van der Waals surface area contributed by atoms with E-state index >= 15 is 8.78 Å². The van der Waals surface area contributed by atoms with E-state index in [-0.39, 0.29) is 21.7 Å². The van der Waals surface area contributed by atoms with Gasteiger partial charge in [0.2, 0.25) is 0 Å². The van der Waals surface area contributed by atoms with E-state index < -0.39 is 17.2 Å². The number of pyridine rings is 2. The molecule has 0 saturated heterocycles. The summed E-state index contributed by atoms with van der Waals surface area (Å²) in [5.41, 5.74) is 2.88. The molecule has 52 heavy (non-hydrogen) atoms. The Kier molecular flexibility index (Phi) is 4.44. The van der Waals surface area contributed by atoms with E-state index in [1.807, 2.05) is 78.9 Å². The summed E-state index contributed by atoms with van der Waals surface area (Å²) < 4.78 is 37.0. The number of halogens is 2. The van der Waals surface area contributed by atoms with E-state index in [9.17, 15) is 9.59 Å². The first kappa shape index (κ1) is 26.8. The SMILES string of the molecule is O=c1c2cc(F)c3c4ccc5c(=O)n6c7cccc8cccc(nc6c6cc(F)c(c9ccc(c2c93)c2nc3cccc9cccc(c93)n12)c4c56)c87. The first-order valence-corrected chi connectivity index (χ1v) is 17.0. The van der Waals surface area contributed by atoms with Gasteiger partial charge in [-0.3, -0.25) is 18.4 Å². The van der Waals surface area contributed by atoms with Gasteiger partial charge in [-0.25, -0.2) is 18.7 Å². The molecule has 9 aromatic carbocycles. The highest BCUT2D eigenvalue weighted by Crippen LogP contribution is 2.47. The van der Waals surface area contributed by atoms with Crippen LogP contribution in [-0.2, 0) is 0 Å². The highest BCUT2D eigenvalue weighted by atomic mass is 19.1. The van der Waals surface area contributed by atoms with Gasteiger partial charge in [0, 0.05) is 59.2 Å². The highest BCUT2D eigenvalue weighted by Gasteiger charge is 2.27. The van der Waals surface area contributed by atoms with E-state index in [2.05, 4.69) is 0 Å². The summed E-state index contributed by atoms with van der Waals surface area (Å²) in [4.78, 5) is 38.9. The van der Waals surface area contributed by atoms with Gasteiger partial charge in [0.05, 0.1) is 27.5 Å². The van der Waals surface area contributed by atoms with Crippen LogP contribution in [0.4, 0.5) is 8.78 Å². The zero-order valence-electron chi connectivity index (χ0n) is 26.8. The molecule has 13 rings (SSSR count). The van der Waals surface area contributed by atoms with Crippen molar-refractivity contribution < 1.29 is 8.78 Å². The monoisotopic (exact) mass is 672 g/mol. The third-order valence-corrected chi connectivity index (χ3v) is 11.4. The Balaban J connectivity index is 1.28. The molecule has 0 spiro atoms. The average Bonchev–Trinajstić information content (AvgIpc) is 3.16. The van der Waals surface area contributed by atoms with Crippen molar-refractivity contribution in [3.8, 4) is 0 Å². The topological polar surface area (TPSA) is 68.7 Å². The molecule has 4 heterocycles. The lowest BCUT2D eigenvalue weighted by Gasteiger charge is -2.21. The van der Waals surface area contributed by atoms with E-state index in [0.717, 1.165) is 27.1 Å². The van der Waals surface area contributed by atoms with E-state index in [1.54, 1.807) is 27.0 Å². The molecule has 0 amide bonds. The minimum Gasteiger partial charge on any atom is -0.268 e.